The number of para-hydroxylation sites is 1. The number of nitrogens with zero attached hydrogens (tertiary/aromatic N) is 2. The Morgan fingerprint density at radius 1 is 1.26 bits per heavy atom. The summed E-state index contributed by atoms with van der Waals surface area (Å²) in [7, 11) is 2.11. The molecule has 0 unspecified atom stereocenters. The smallest absolute Gasteiger partial charge is 0.234 e. The summed E-state index contributed by atoms with van der Waals surface area (Å²) in [5.74, 6) is -0.0607. The van der Waals surface area contributed by atoms with Crippen molar-refractivity contribution in [3.63, 3.8) is 0 Å². The Labute approximate surface area is 136 Å². The Kier molecular flexibility index (Phi) is 4.93. The van der Waals surface area contributed by atoms with Gasteiger partial charge in [0.25, 0.3) is 0 Å². The Balaban J connectivity index is 1.60. The molecule has 1 atom stereocenters. The van der Waals surface area contributed by atoms with E-state index in [4.69, 9.17) is 0 Å². The molecule has 2 N–H and O–H groups in total. The molecule has 2 aliphatic heterocycles. The normalized spacial score (nSPS) is 22.8. The lowest BCUT2D eigenvalue weighted by Crippen LogP contribution is -2.42. The van der Waals surface area contributed by atoms with Crippen molar-refractivity contribution < 1.29 is 9.59 Å². The van der Waals surface area contributed by atoms with Crippen molar-refractivity contribution >= 4 is 17.5 Å². The summed E-state index contributed by atoms with van der Waals surface area (Å²) in [6.45, 7) is 4.32. The van der Waals surface area contributed by atoms with E-state index in [-0.39, 0.29) is 17.9 Å². The van der Waals surface area contributed by atoms with Crippen LogP contribution in [0.5, 0.6) is 0 Å². The quantitative estimate of drug-likeness (QED) is 0.867. The van der Waals surface area contributed by atoms with Crippen molar-refractivity contribution in [2.24, 2.45) is 0 Å². The number of likely N-dealkylation sites (N-methyl/N-ethyl adjacent to an activating group) is 1. The molecule has 124 valence electrons. The van der Waals surface area contributed by atoms with Crippen LogP contribution >= 0.6 is 0 Å². The van der Waals surface area contributed by atoms with Gasteiger partial charge in [-0.1, -0.05) is 18.2 Å². The summed E-state index contributed by atoms with van der Waals surface area (Å²) in [6, 6.07) is 7.41. The van der Waals surface area contributed by atoms with E-state index < -0.39 is 0 Å². The van der Waals surface area contributed by atoms with Crippen LogP contribution in [0.4, 0.5) is 5.69 Å². The molecule has 6 heteroatoms. The van der Waals surface area contributed by atoms with Crippen molar-refractivity contribution in [2.45, 2.75) is 18.9 Å². The van der Waals surface area contributed by atoms with Crippen molar-refractivity contribution in [3.8, 4) is 0 Å². The number of carbonyl (C=O) groups excluding carboxylic acids is 2. The molecule has 2 heterocycles. The van der Waals surface area contributed by atoms with Gasteiger partial charge in [-0.05, 0) is 38.2 Å². The topological polar surface area (TPSA) is 64.7 Å². The summed E-state index contributed by atoms with van der Waals surface area (Å²) < 4.78 is 0. The van der Waals surface area contributed by atoms with E-state index in [9.17, 15) is 9.59 Å². The maximum absolute atomic E-state index is 12.4. The number of amides is 2. The van der Waals surface area contributed by atoms with Crippen LogP contribution in [0.3, 0.4) is 0 Å². The van der Waals surface area contributed by atoms with Crippen LogP contribution in [0.15, 0.2) is 24.3 Å². The molecular weight excluding hydrogens is 292 g/mol. The summed E-state index contributed by atoms with van der Waals surface area (Å²) in [5, 5.41) is 5.88. The van der Waals surface area contributed by atoms with Crippen molar-refractivity contribution in [2.75, 3.05) is 45.1 Å². The van der Waals surface area contributed by atoms with Crippen LogP contribution in [-0.2, 0) is 9.59 Å². The van der Waals surface area contributed by atoms with Gasteiger partial charge in [0.15, 0.2) is 0 Å². The Morgan fingerprint density at radius 3 is 2.96 bits per heavy atom. The number of carbonyl (C=O) groups is 2. The van der Waals surface area contributed by atoms with Crippen LogP contribution < -0.4 is 10.6 Å². The molecule has 23 heavy (non-hydrogen) atoms. The summed E-state index contributed by atoms with van der Waals surface area (Å²) in [4.78, 5) is 28.7. The van der Waals surface area contributed by atoms with Gasteiger partial charge in [0.1, 0.15) is 0 Å². The second-order valence-electron chi connectivity index (χ2n) is 6.39. The monoisotopic (exact) mass is 316 g/mol. The van der Waals surface area contributed by atoms with Crippen molar-refractivity contribution in [1.29, 1.82) is 0 Å². The third-order valence-corrected chi connectivity index (χ3v) is 4.51. The van der Waals surface area contributed by atoms with Gasteiger partial charge in [0.05, 0.1) is 19.0 Å². The molecule has 3 rings (SSSR count). The SMILES string of the molecule is CN1CCCN(CC(=O)N[C@H]2CC(=O)Nc3ccccc32)CC1. The highest BCUT2D eigenvalue weighted by atomic mass is 16.2. The van der Waals surface area contributed by atoms with Gasteiger partial charge in [-0.25, -0.2) is 0 Å². The molecule has 1 aromatic rings. The fraction of sp³-hybridized carbons (Fsp3) is 0.529. The zero-order valence-electron chi connectivity index (χ0n) is 13.5. The largest absolute Gasteiger partial charge is 0.348 e. The lowest BCUT2D eigenvalue weighted by Gasteiger charge is -2.27. The van der Waals surface area contributed by atoms with Gasteiger partial charge in [-0.2, -0.15) is 0 Å². The van der Waals surface area contributed by atoms with Gasteiger partial charge in [-0.3, -0.25) is 14.5 Å². The molecule has 0 saturated carbocycles. The number of fused-ring (bicyclic) bond motifs is 1. The summed E-state index contributed by atoms with van der Waals surface area (Å²) in [6.07, 6.45) is 1.38. The number of nitrogens with one attached hydrogen (secondary N) is 2. The lowest BCUT2D eigenvalue weighted by molar-refractivity contribution is -0.123. The Hall–Kier alpha value is -1.92. The van der Waals surface area contributed by atoms with Crippen molar-refractivity contribution in [3.05, 3.63) is 29.8 Å². The minimum absolute atomic E-state index is 0.0101. The molecule has 0 bridgehead atoms. The third kappa shape index (κ3) is 4.09. The van der Waals surface area contributed by atoms with Gasteiger partial charge in [-0.15, -0.1) is 0 Å². The molecule has 1 aromatic carbocycles. The highest BCUT2D eigenvalue weighted by molar-refractivity contribution is 5.95. The maximum atomic E-state index is 12.4. The highest BCUT2D eigenvalue weighted by Gasteiger charge is 2.26. The third-order valence-electron chi connectivity index (χ3n) is 4.51. The number of benzene rings is 1. The van der Waals surface area contributed by atoms with E-state index in [0.29, 0.717) is 13.0 Å². The zero-order chi connectivity index (χ0) is 16.2. The lowest BCUT2D eigenvalue weighted by atomic mass is 9.97. The minimum Gasteiger partial charge on any atom is -0.348 e. The molecule has 0 aromatic heterocycles. The van der Waals surface area contributed by atoms with Crippen molar-refractivity contribution in [1.82, 2.24) is 15.1 Å². The van der Waals surface area contributed by atoms with Crippen LogP contribution in [-0.4, -0.2) is 61.4 Å². The second kappa shape index (κ2) is 7.10. The molecule has 1 saturated heterocycles. The van der Waals surface area contributed by atoms with E-state index in [1.165, 1.54) is 0 Å². The molecule has 0 spiro atoms. The maximum Gasteiger partial charge on any atom is 0.234 e. The van der Waals surface area contributed by atoms with E-state index >= 15 is 0 Å². The Bertz CT molecular complexity index is 590. The molecule has 2 amide bonds. The first-order chi connectivity index (χ1) is 11.1. The Morgan fingerprint density at radius 2 is 2.09 bits per heavy atom. The summed E-state index contributed by atoms with van der Waals surface area (Å²) >= 11 is 0. The van der Waals surface area contributed by atoms with E-state index in [2.05, 4.69) is 27.5 Å². The number of hydrogen-bond acceptors (Lipinski definition) is 4. The van der Waals surface area contributed by atoms with Crippen LogP contribution in [0, 0.1) is 0 Å². The van der Waals surface area contributed by atoms with Gasteiger partial charge in [0, 0.05) is 18.8 Å². The van der Waals surface area contributed by atoms with Gasteiger partial charge >= 0.3 is 0 Å². The van der Waals surface area contributed by atoms with E-state index in [1.54, 1.807) is 0 Å². The standard InChI is InChI=1S/C17H24N4O2/c1-20-7-4-8-21(10-9-20)12-17(23)19-15-11-16(22)18-14-6-3-2-5-13(14)15/h2-3,5-6,15H,4,7-12H2,1H3,(H,18,22)(H,19,23)/t15-/m0/s1. The van der Waals surface area contributed by atoms with E-state index in [0.717, 1.165) is 43.9 Å². The average Bonchev–Trinajstić information content (AvgIpc) is 2.71. The van der Waals surface area contributed by atoms with E-state index in [1.807, 2.05) is 24.3 Å². The molecular formula is C17H24N4O2. The number of anilines is 1. The summed E-state index contributed by atoms with van der Waals surface area (Å²) in [5.41, 5.74) is 1.78. The molecule has 2 aliphatic rings. The number of hydrogen-bond donors (Lipinski definition) is 2. The molecule has 0 aliphatic carbocycles. The predicted octanol–water partition coefficient (Wildman–Crippen LogP) is 0.824. The van der Waals surface area contributed by atoms with Gasteiger partial charge in [0.2, 0.25) is 11.8 Å². The van der Waals surface area contributed by atoms with Gasteiger partial charge < -0.3 is 15.5 Å². The highest BCUT2D eigenvalue weighted by Crippen LogP contribution is 2.29. The molecule has 1 fully saturated rings. The molecule has 0 radical (unpaired) electrons. The first-order valence-corrected chi connectivity index (χ1v) is 8.21. The van der Waals surface area contributed by atoms with Crippen LogP contribution in [0.2, 0.25) is 0 Å². The van der Waals surface area contributed by atoms with Crippen LogP contribution in [0.25, 0.3) is 0 Å². The first-order valence-electron chi connectivity index (χ1n) is 8.21. The average molecular weight is 316 g/mol. The minimum atomic E-state index is -0.234. The fourth-order valence-electron chi connectivity index (χ4n) is 3.24. The zero-order valence-corrected chi connectivity index (χ0v) is 13.5. The second-order valence-corrected chi connectivity index (χ2v) is 6.39. The molecule has 6 nitrogen and oxygen atoms in total. The first kappa shape index (κ1) is 16.0. The fourth-order valence-corrected chi connectivity index (χ4v) is 3.24. The number of rotatable bonds is 3. The predicted molar refractivity (Wildman–Crippen MR) is 89.1 cm³/mol. The van der Waals surface area contributed by atoms with Crippen LogP contribution in [0.1, 0.15) is 24.4 Å².